The Kier molecular flexibility index (Phi) is 3.98. The first-order valence-electron chi connectivity index (χ1n) is 7.21. The molecule has 0 amide bonds. The van der Waals surface area contributed by atoms with Crippen molar-refractivity contribution in [2.45, 2.75) is 26.8 Å². The maximum Gasteiger partial charge on any atom is 0.145 e. The lowest BCUT2D eigenvalue weighted by Crippen LogP contribution is -2.07. The van der Waals surface area contributed by atoms with Crippen LogP contribution in [0.1, 0.15) is 28.5 Å². The van der Waals surface area contributed by atoms with Crippen LogP contribution in [-0.4, -0.2) is 17.1 Å². The van der Waals surface area contributed by atoms with Crippen molar-refractivity contribution >= 4 is 27.9 Å². The fraction of sp³-hybridized carbons (Fsp3) is 0.294. The van der Waals surface area contributed by atoms with Gasteiger partial charge in [-0.2, -0.15) is 0 Å². The van der Waals surface area contributed by atoms with E-state index < -0.39 is 0 Å². The summed E-state index contributed by atoms with van der Waals surface area (Å²) in [6.45, 7) is 6.19. The number of aryl methyl sites for hydroxylation is 2. The van der Waals surface area contributed by atoms with Gasteiger partial charge in [-0.3, -0.25) is 0 Å². The molecule has 0 saturated heterocycles. The van der Waals surface area contributed by atoms with Gasteiger partial charge in [-0.05, 0) is 32.9 Å². The van der Waals surface area contributed by atoms with Crippen LogP contribution in [0.15, 0.2) is 30.5 Å². The molecule has 114 valence electrons. The van der Waals surface area contributed by atoms with E-state index in [1.165, 1.54) is 4.88 Å². The van der Waals surface area contributed by atoms with Gasteiger partial charge in [0.15, 0.2) is 0 Å². The zero-order valence-electron chi connectivity index (χ0n) is 13.2. The Bertz CT molecular complexity index is 813. The number of benzene rings is 1. The highest BCUT2D eigenvalue weighted by molar-refractivity contribution is 7.11. The number of pyridine rings is 1. The summed E-state index contributed by atoms with van der Waals surface area (Å²) in [5.74, 6) is 0.794. The van der Waals surface area contributed by atoms with E-state index in [2.05, 4.69) is 41.3 Å². The van der Waals surface area contributed by atoms with Crippen LogP contribution in [0.5, 0.6) is 5.75 Å². The summed E-state index contributed by atoms with van der Waals surface area (Å²) >= 11 is 1.72. The third-order valence-electron chi connectivity index (χ3n) is 3.53. The normalized spacial score (nSPS) is 12.4. The predicted octanol–water partition coefficient (Wildman–Crippen LogP) is 4.49. The van der Waals surface area contributed by atoms with Crippen molar-refractivity contribution in [2.75, 3.05) is 12.4 Å². The van der Waals surface area contributed by atoms with Crippen LogP contribution >= 0.6 is 11.3 Å². The van der Waals surface area contributed by atoms with Crippen LogP contribution in [-0.2, 0) is 0 Å². The maximum absolute atomic E-state index is 5.43. The Morgan fingerprint density at radius 1 is 1.27 bits per heavy atom. The minimum atomic E-state index is 0.148. The highest BCUT2D eigenvalue weighted by Gasteiger charge is 2.13. The van der Waals surface area contributed by atoms with Gasteiger partial charge >= 0.3 is 0 Å². The number of para-hydroxylation sites is 1. The van der Waals surface area contributed by atoms with Crippen molar-refractivity contribution in [1.82, 2.24) is 9.97 Å². The first-order valence-corrected chi connectivity index (χ1v) is 8.03. The van der Waals surface area contributed by atoms with E-state index in [0.717, 1.165) is 33.0 Å². The molecule has 5 heteroatoms. The number of thiazole rings is 1. The molecule has 2 heterocycles. The van der Waals surface area contributed by atoms with Crippen LogP contribution in [0.25, 0.3) is 10.9 Å². The van der Waals surface area contributed by atoms with E-state index in [-0.39, 0.29) is 6.04 Å². The smallest absolute Gasteiger partial charge is 0.145 e. The summed E-state index contributed by atoms with van der Waals surface area (Å²) in [7, 11) is 1.67. The predicted molar refractivity (Wildman–Crippen MR) is 91.9 cm³/mol. The SMILES string of the molecule is COc1cccc2c(NC(C)c3ncc(C)s3)cc(C)nc12. The van der Waals surface area contributed by atoms with E-state index in [1.54, 1.807) is 18.4 Å². The average molecular weight is 313 g/mol. The summed E-state index contributed by atoms with van der Waals surface area (Å²) in [6.07, 6.45) is 1.91. The Labute approximate surface area is 134 Å². The molecule has 0 aliphatic heterocycles. The molecule has 0 bridgehead atoms. The van der Waals surface area contributed by atoms with Crippen LogP contribution in [0, 0.1) is 13.8 Å². The molecule has 1 aromatic carbocycles. The third kappa shape index (κ3) is 2.76. The van der Waals surface area contributed by atoms with Gasteiger partial charge in [0, 0.05) is 27.8 Å². The molecule has 0 aliphatic rings. The zero-order valence-corrected chi connectivity index (χ0v) is 14.0. The summed E-state index contributed by atoms with van der Waals surface area (Å²) in [6, 6.07) is 8.20. The Morgan fingerprint density at radius 3 is 2.77 bits per heavy atom. The van der Waals surface area contributed by atoms with Gasteiger partial charge in [-0.25, -0.2) is 9.97 Å². The topological polar surface area (TPSA) is 47.0 Å². The average Bonchev–Trinajstić information content (AvgIpc) is 2.93. The second-order valence-corrected chi connectivity index (χ2v) is 6.61. The maximum atomic E-state index is 5.43. The lowest BCUT2D eigenvalue weighted by atomic mass is 10.1. The van der Waals surface area contributed by atoms with Crippen molar-refractivity contribution < 1.29 is 4.74 Å². The molecule has 1 N–H and O–H groups in total. The number of nitrogens with zero attached hydrogens (tertiary/aromatic N) is 2. The number of aromatic nitrogens is 2. The number of rotatable bonds is 4. The molecule has 0 aliphatic carbocycles. The third-order valence-corrected chi connectivity index (χ3v) is 4.63. The molecule has 0 radical (unpaired) electrons. The van der Waals surface area contributed by atoms with Gasteiger partial charge in [-0.1, -0.05) is 12.1 Å². The molecule has 1 unspecified atom stereocenters. The minimum Gasteiger partial charge on any atom is -0.494 e. The van der Waals surface area contributed by atoms with Crippen LogP contribution in [0.4, 0.5) is 5.69 Å². The fourth-order valence-corrected chi connectivity index (χ4v) is 3.28. The molecule has 4 nitrogen and oxygen atoms in total. The Balaban J connectivity index is 2.03. The Hall–Kier alpha value is -2.14. The molecule has 1 atom stereocenters. The number of fused-ring (bicyclic) bond motifs is 1. The molecule has 3 aromatic rings. The van der Waals surface area contributed by atoms with Crippen molar-refractivity contribution in [1.29, 1.82) is 0 Å². The lowest BCUT2D eigenvalue weighted by molar-refractivity contribution is 0.419. The van der Waals surface area contributed by atoms with Gasteiger partial charge in [0.2, 0.25) is 0 Å². The van der Waals surface area contributed by atoms with E-state index in [0.29, 0.717) is 0 Å². The highest BCUT2D eigenvalue weighted by atomic mass is 32.1. The van der Waals surface area contributed by atoms with Crippen molar-refractivity contribution in [2.24, 2.45) is 0 Å². The van der Waals surface area contributed by atoms with Crippen LogP contribution in [0.2, 0.25) is 0 Å². The minimum absolute atomic E-state index is 0.148. The fourth-order valence-electron chi connectivity index (χ4n) is 2.50. The number of hydrogen-bond acceptors (Lipinski definition) is 5. The van der Waals surface area contributed by atoms with E-state index in [1.807, 2.05) is 25.3 Å². The first-order chi connectivity index (χ1) is 10.6. The van der Waals surface area contributed by atoms with Gasteiger partial charge < -0.3 is 10.1 Å². The molecular formula is C17H19N3OS. The number of methoxy groups -OCH3 is 1. The van der Waals surface area contributed by atoms with E-state index in [9.17, 15) is 0 Å². The summed E-state index contributed by atoms with van der Waals surface area (Å²) < 4.78 is 5.43. The second-order valence-electron chi connectivity index (χ2n) is 5.34. The summed E-state index contributed by atoms with van der Waals surface area (Å²) in [5.41, 5.74) is 2.90. The summed E-state index contributed by atoms with van der Waals surface area (Å²) in [5, 5.41) is 5.71. The summed E-state index contributed by atoms with van der Waals surface area (Å²) in [4.78, 5) is 10.3. The van der Waals surface area contributed by atoms with Crippen molar-refractivity contribution in [3.63, 3.8) is 0 Å². The van der Waals surface area contributed by atoms with Gasteiger partial charge in [-0.15, -0.1) is 11.3 Å². The molecule has 0 fully saturated rings. The molecule has 2 aromatic heterocycles. The quantitative estimate of drug-likeness (QED) is 0.771. The molecule has 22 heavy (non-hydrogen) atoms. The van der Waals surface area contributed by atoms with Gasteiger partial charge in [0.1, 0.15) is 16.3 Å². The first kappa shape index (κ1) is 14.8. The van der Waals surface area contributed by atoms with E-state index in [4.69, 9.17) is 4.74 Å². The number of anilines is 1. The van der Waals surface area contributed by atoms with E-state index >= 15 is 0 Å². The molecule has 0 saturated carbocycles. The molecule has 0 spiro atoms. The second kappa shape index (κ2) is 5.93. The molecule has 3 rings (SSSR count). The number of ether oxygens (including phenoxy) is 1. The van der Waals surface area contributed by atoms with Crippen LogP contribution in [0.3, 0.4) is 0 Å². The largest absolute Gasteiger partial charge is 0.494 e. The van der Waals surface area contributed by atoms with Crippen molar-refractivity contribution in [3.05, 3.63) is 46.0 Å². The lowest BCUT2D eigenvalue weighted by Gasteiger charge is -2.16. The monoisotopic (exact) mass is 313 g/mol. The number of hydrogen-bond donors (Lipinski definition) is 1. The number of nitrogens with one attached hydrogen (secondary N) is 1. The standard InChI is InChI=1S/C17H19N3OS/c1-10-8-14(20-12(3)17-18-9-11(2)22-17)13-6-5-7-15(21-4)16(13)19-10/h5-9,12H,1-4H3,(H,19,20). The molecular weight excluding hydrogens is 294 g/mol. The van der Waals surface area contributed by atoms with Crippen LogP contribution < -0.4 is 10.1 Å². The zero-order chi connectivity index (χ0) is 15.7. The van der Waals surface area contributed by atoms with Crippen molar-refractivity contribution in [3.8, 4) is 5.75 Å². The highest BCUT2D eigenvalue weighted by Crippen LogP contribution is 2.32. The Morgan fingerprint density at radius 2 is 2.09 bits per heavy atom. The van der Waals surface area contributed by atoms with Gasteiger partial charge in [0.05, 0.1) is 13.2 Å². The van der Waals surface area contributed by atoms with Gasteiger partial charge in [0.25, 0.3) is 0 Å².